The average molecular weight is 303 g/mol. The Labute approximate surface area is 130 Å². The number of thioether (sulfide) groups is 1. The Morgan fingerprint density at radius 2 is 2.14 bits per heavy atom. The Morgan fingerprint density at radius 3 is 2.90 bits per heavy atom. The van der Waals surface area contributed by atoms with Crippen LogP contribution in [-0.2, 0) is 13.2 Å². The monoisotopic (exact) mass is 303 g/mol. The lowest BCUT2D eigenvalue weighted by atomic mass is 10.2. The average Bonchev–Trinajstić information content (AvgIpc) is 3.27. The van der Waals surface area contributed by atoms with Gasteiger partial charge in [-0.1, -0.05) is 12.1 Å². The summed E-state index contributed by atoms with van der Waals surface area (Å²) >= 11 is 1.69. The van der Waals surface area contributed by atoms with Gasteiger partial charge in [-0.3, -0.25) is 0 Å². The van der Waals surface area contributed by atoms with Crippen LogP contribution in [0.4, 0.5) is 0 Å². The molecule has 3 nitrogen and oxygen atoms in total. The highest BCUT2D eigenvalue weighted by atomic mass is 32.2. The fraction of sp³-hybridized carbons (Fsp3) is 0.412. The zero-order valence-electron chi connectivity index (χ0n) is 12.5. The standard InChI is InChI=1S/C17H21NO2S/c1-12-13(10-18-14-7-8-14)9-15(20-12)11-19-16-5-3-4-6-17(16)21-2/h3-6,9,14,18H,7-8,10-11H2,1-2H3. The van der Waals surface area contributed by atoms with Crippen molar-refractivity contribution in [2.75, 3.05) is 6.26 Å². The first-order chi connectivity index (χ1) is 10.3. The molecule has 3 rings (SSSR count). The Kier molecular flexibility index (Phi) is 4.56. The third-order valence-electron chi connectivity index (χ3n) is 3.67. The van der Waals surface area contributed by atoms with Crippen molar-refractivity contribution in [1.29, 1.82) is 0 Å². The zero-order valence-corrected chi connectivity index (χ0v) is 13.3. The summed E-state index contributed by atoms with van der Waals surface area (Å²) in [6.07, 6.45) is 4.66. The third-order valence-corrected chi connectivity index (χ3v) is 4.45. The SMILES string of the molecule is CSc1ccccc1OCc1cc(CNC2CC2)c(C)o1. The van der Waals surface area contributed by atoms with E-state index in [1.54, 1.807) is 11.8 Å². The Hall–Kier alpha value is -1.39. The topological polar surface area (TPSA) is 34.4 Å². The van der Waals surface area contributed by atoms with Gasteiger partial charge in [0.05, 0.1) is 0 Å². The molecule has 0 radical (unpaired) electrons. The van der Waals surface area contributed by atoms with Crippen LogP contribution < -0.4 is 10.1 Å². The van der Waals surface area contributed by atoms with Gasteiger partial charge in [-0.25, -0.2) is 0 Å². The number of ether oxygens (including phenoxy) is 1. The molecule has 2 aromatic rings. The second-order valence-corrected chi connectivity index (χ2v) is 6.24. The van der Waals surface area contributed by atoms with E-state index >= 15 is 0 Å². The summed E-state index contributed by atoms with van der Waals surface area (Å²) < 4.78 is 11.7. The van der Waals surface area contributed by atoms with Gasteiger partial charge < -0.3 is 14.5 Å². The highest BCUT2D eigenvalue weighted by Crippen LogP contribution is 2.28. The van der Waals surface area contributed by atoms with E-state index in [2.05, 4.69) is 23.7 Å². The van der Waals surface area contributed by atoms with Gasteiger partial charge in [-0.2, -0.15) is 0 Å². The van der Waals surface area contributed by atoms with Gasteiger partial charge in [0.2, 0.25) is 0 Å². The first kappa shape index (κ1) is 14.5. The minimum Gasteiger partial charge on any atom is -0.484 e. The van der Waals surface area contributed by atoms with Gasteiger partial charge >= 0.3 is 0 Å². The van der Waals surface area contributed by atoms with E-state index in [0.717, 1.165) is 28.7 Å². The van der Waals surface area contributed by atoms with Gasteiger partial charge in [0.25, 0.3) is 0 Å². The lowest BCUT2D eigenvalue weighted by Crippen LogP contribution is -2.15. The van der Waals surface area contributed by atoms with E-state index in [1.807, 2.05) is 25.1 Å². The van der Waals surface area contributed by atoms with E-state index in [1.165, 1.54) is 18.4 Å². The molecule has 0 atom stereocenters. The molecule has 1 aromatic heterocycles. The fourth-order valence-electron chi connectivity index (χ4n) is 2.26. The van der Waals surface area contributed by atoms with Crippen LogP contribution in [-0.4, -0.2) is 12.3 Å². The summed E-state index contributed by atoms with van der Waals surface area (Å²) in [5, 5.41) is 3.51. The van der Waals surface area contributed by atoms with Crippen LogP contribution in [0.15, 0.2) is 39.6 Å². The van der Waals surface area contributed by atoms with E-state index in [0.29, 0.717) is 12.6 Å². The van der Waals surface area contributed by atoms with Crippen molar-refractivity contribution >= 4 is 11.8 Å². The highest BCUT2D eigenvalue weighted by Gasteiger charge is 2.21. The molecule has 0 saturated heterocycles. The van der Waals surface area contributed by atoms with Crippen molar-refractivity contribution in [3.8, 4) is 5.75 Å². The maximum absolute atomic E-state index is 5.89. The lowest BCUT2D eigenvalue weighted by Gasteiger charge is -2.08. The molecule has 1 saturated carbocycles. The number of aryl methyl sites for hydroxylation is 1. The van der Waals surface area contributed by atoms with Gasteiger partial charge in [-0.15, -0.1) is 11.8 Å². The van der Waals surface area contributed by atoms with Crippen LogP contribution in [0.2, 0.25) is 0 Å². The molecule has 1 fully saturated rings. The van der Waals surface area contributed by atoms with E-state index in [4.69, 9.17) is 9.15 Å². The molecule has 1 aliphatic carbocycles. The van der Waals surface area contributed by atoms with Crippen molar-refractivity contribution < 1.29 is 9.15 Å². The maximum Gasteiger partial charge on any atom is 0.146 e. The molecule has 0 bridgehead atoms. The zero-order chi connectivity index (χ0) is 14.7. The van der Waals surface area contributed by atoms with Crippen LogP contribution in [0.25, 0.3) is 0 Å². The minimum absolute atomic E-state index is 0.474. The maximum atomic E-state index is 5.89. The van der Waals surface area contributed by atoms with Crippen molar-refractivity contribution in [2.24, 2.45) is 0 Å². The van der Waals surface area contributed by atoms with Crippen LogP contribution in [0, 0.1) is 6.92 Å². The summed E-state index contributed by atoms with van der Waals surface area (Å²) in [6.45, 7) is 3.38. The predicted octanol–water partition coefficient (Wildman–Crippen LogP) is 4.14. The van der Waals surface area contributed by atoms with Gasteiger partial charge in [0.15, 0.2) is 0 Å². The number of benzene rings is 1. The lowest BCUT2D eigenvalue weighted by molar-refractivity contribution is 0.262. The number of hydrogen-bond acceptors (Lipinski definition) is 4. The summed E-state index contributed by atoms with van der Waals surface area (Å²) in [6, 6.07) is 10.9. The number of hydrogen-bond donors (Lipinski definition) is 1. The molecule has 4 heteroatoms. The van der Waals surface area contributed by atoms with Crippen LogP contribution in [0.3, 0.4) is 0 Å². The molecule has 1 aromatic carbocycles. The number of furan rings is 1. The predicted molar refractivity (Wildman–Crippen MR) is 85.9 cm³/mol. The third kappa shape index (κ3) is 3.83. The molecule has 1 heterocycles. The van der Waals surface area contributed by atoms with Crippen molar-refractivity contribution in [2.45, 2.75) is 43.9 Å². The second kappa shape index (κ2) is 6.58. The summed E-state index contributed by atoms with van der Waals surface area (Å²) in [5.74, 6) is 2.78. The molecule has 0 amide bonds. The smallest absolute Gasteiger partial charge is 0.146 e. The fourth-order valence-corrected chi connectivity index (χ4v) is 2.81. The molecular formula is C17H21NO2S. The molecule has 21 heavy (non-hydrogen) atoms. The van der Waals surface area contributed by atoms with Crippen LogP contribution in [0.5, 0.6) is 5.75 Å². The van der Waals surface area contributed by atoms with Gasteiger partial charge in [0.1, 0.15) is 23.9 Å². The quantitative estimate of drug-likeness (QED) is 0.780. The largest absolute Gasteiger partial charge is 0.484 e. The summed E-state index contributed by atoms with van der Waals surface area (Å²) in [7, 11) is 0. The Balaban J connectivity index is 1.60. The van der Waals surface area contributed by atoms with Crippen LogP contribution in [0.1, 0.15) is 29.9 Å². The minimum atomic E-state index is 0.474. The molecule has 1 aliphatic rings. The molecule has 112 valence electrons. The van der Waals surface area contributed by atoms with Crippen molar-refractivity contribution in [3.05, 3.63) is 47.4 Å². The molecule has 1 N–H and O–H groups in total. The van der Waals surface area contributed by atoms with E-state index in [9.17, 15) is 0 Å². The van der Waals surface area contributed by atoms with Crippen molar-refractivity contribution in [1.82, 2.24) is 5.32 Å². The molecular weight excluding hydrogens is 282 g/mol. The van der Waals surface area contributed by atoms with Gasteiger partial charge in [0, 0.05) is 23.0 Å². The summed E-state index contributed by atoms with van der Waals surface area (Å²) in [5.41, 5.74) is 1.23. The highest BCUT2D eigenvalue weighted by molar-refractivity contribution is 7.98. The van der Waals surface area contributed by atoms with E-state index in [-0.39, 0.29) is 0 Å². The summed E-state index contributed by atoms with van der Waals surface area (Å²) in [4.78, 5) is 1.15. The number of nitrogens with one attached hydrogen (secondary N) is 1. The van der Waals surface area contributed by atoms with Crippen molar-refractivity contribution in [3.63, 3.8) is 0 Å². The second-order valence-electron chi connectivity index (χ2n) is 5.39. The van der Waals surface area contributed by atoms with Gasteiger partial charge in [-0.05, 0) is 44.2 Å². The molecule has 0 spiro atoms. The Morgan fingerprint density at radius 1 is 1.33 bits per heavy atom. The first-order valence-corrected chi connectivity index (χ1v) is 8.56. The number of para-hydroxylation sites is 1. The first-order valence-electron chi connectivity index (χ1n) is 7.33. The molecule has 0 unspecified atom stereocenters. The van der Waals surface area contributed by atoms with Crippen LogP contribution >= 0.6 is 11.8 Å². The Bertz CT molecular complexity index is 605. The molecule has 0 aliphatic heterocycles. The van der Waals surface area contributed by atoms with E-state index < -0.39 is 0 Å². The number of rotatable bonds is 7. The normalized spacial score (nSPS) is 14.4.